The van der Waals surface area contributed by atoms with Crippen LogP contribution in [0.2, 0.25) is 0 Å². The van der Waals surface area contributed by atoms with Crippen LogP contribution in [0.3, 0.4) is 0 Å². The Labute approximate surface area is 191 Å². The van der Waals surface area contributed by atoms with Gasteiger partial charge in [-0.15, -0.1) is 0 Å². The van der Waals surface area contributed by atoms with E-state index in [0.29, 0.717) is 5.69 Å². The molecular weight excluding hydrogens is 416 g/mol. The first-order valence-electron chi connectivity index (χ1n) is 11.0. The molecule has 0 radical (unpaired) electrons. The van der Waals surface area contributed by atoms with Gasteiger partial charge in [-0.05, 0) is 74.8 Å². The lowest BCUT2D eigenvalue weighted by molar-refractivity contribution is 0.197. The summed E-state index contributed by atoms with van der Waals surface area (Å²) in [6.07, 6.45) is 3.62. The van der Waals surface area contributed by atoms with Crippen molar-refractivity contribution in [2.75, 3.05) is 17.8 Å². The molecule has 0 spiro atoms. The Kier molecular flexibility index (Phi) is 6.94. The molecule has 1 aliphatic heterocycles. The fourth-order valence-electron chi connectivity index (χ4n) is 3.90. The molecule has 1 heterocycles. The number of rotatable bonds is 5. The minimum absolute atomic E-state index is 0.0155. The van der Waals surface area contributed by atoms with Gasteiger partial charge in [0.25, 0.3) is 10.0 Å². The number of nitrogens with zero attached hydrogens (tertiary/aromatic N) is 1. The molecule has 4 rings (SSSR count). The third-order valence-corrected chi connectivity index (χ3v) is 7.09. The third-order valence-electron chi connectivity index (χ3n) is 5.69. The van der Waals surface area contributed by atoms with Crippen LogP contribution in [-0.4, -0.2) is 26.4 Å². The highest BCUT2D eigenvalue weighted by Gasteiger charge is 2.21. The predicted molar refractivity (Wildman–Crippen MR) is 130 cm³/mol. The summed E-state index contributed by atoms with van der Waals surface area (Å²) < 4.78 is 28.1. The number of hydrogen-bond donors (Lipinski definition) is 1. The Morgan fingerprint density at radius 2 is 1.50 bits per heavy atom. The molecule has 0 aliphatic carbocycles. The summed E-state index contributed by atoms with van der Waals surface area (Å²) in [5.74, 6) is 6.77. The van der Waals surface area contributed by atoms with Crippen molar-refractivity contribution in [3.63, 3.8) is 0 Å². The zero-order valence-corrected chi connectivity index (χ0v) is 19.1. The van der Waals surface area contributed by atoms with E-state index in [1.807, 2.05) is 61.5 Å². The number of anilines is 1. The van der Waals surface area contributed by atoms with Crippen molar-refractivity contribution in [3.8, 4) is 11.8 Å². The van der Waals surface area contributed by atoms with E-state index >= 15 is 0 Å². The van der Waals surface area contributed by atoms with Gasteiger partial charge in [0.05, 0.1) is 10.9 Å². The van der Waals surface area contributed by atoms with Crippen LogP contribution in [-0.2, 0) is 10.0 Å². The Morgan fingerprint density at radius 3 is 2.16 bits per heavy atom. The molecule has 0 saturated carbocycles. The first kappa shape index (κ1) is 22.1. The number of nitrogens with one attached hydrogen (secondary N) is 1. The highest BCUT2D eigenvalue weighted by atomic mass is 32.2. The summed E-state index contributed by atoms with van der Waals surface area (Å²) in [5, 5.41) is 0. The van der Waals surface area contributed by atoms with Crippen LogP contribution in [0, 0.1) is 18.8 Å². The molecule has 1 N–H and O–H groups in total. The molecule has 1 atom stereocenters. The molecule has 0 amide bonds. The molecule has 4 nitrogen and oxygen atoms in total. The van der Waals surface area contributed by atoms with Crippen molar-refractivity contribution >= 4 is 15.7 Å². The van der Waals surface area contributed by atoms with Gasteiger partial charge in [-0.1, -0.05) is 66.3 Å². The fourth-order valence-corrected chi connectivity index (χ4v) is 4.96. The lowest BCUT2D eigenvalue weighted by Gasteiger charge is -2.32. The molecular formula is C27H28N2O2S. The lowest BCUT2D eigenvalue weighted by atomic mass is 10.0. The van der Waals surface area contributed by atoms with Gasteiger partial charge in [0, 0.05) is 11.3 Å². The van der Waals surface area contributed by atoms with Gasteiger partial charge < -0.3 is 0 Å². The molecule has 3 aromatic carbocycles. The normalized spacial score (nSPS) is 15.4. The summed E-state index contributed by atoms with van der Waals surface area (Å²) in [5.41, 5.74) is 3.64. The smallest absolute Gasteiger partial charge is 0.261 e. The maximum Gasteiger partial charge on any atom is 0.261 e. The average molecular weight is 445 g/mol. The Morgan fingerprint density at radius 1 is 0.844 bits per heavy atom. The van der Waals surface area contributed by atoms with Crippen molar-refractivity contribution in [2.45, 2.75) is 37.1 Å². The van der Waals surface area contributed by atoms with Gasteiger partial charge in [0.15, 0.2) is 0 Å². The van der Waals surface area contributed by atoms with E-state index in [4.69, 9.17) is 0 Å². The first-order valence-corrected chi connectivity index (χ1v) is 12.5. The maximum atomic E-state index is 12.7. The van der Waals surface area contributed by atoms with Gasteiger partial charge >= 0.3 is 0 Å². The van der Waals surface area contributed by atoms with Crippen LogP contribution in [0.15, 0.2) is 83.8 Å². The van der Waals surface area contributed by atoms with E-state index in [0.717, 1.165) is 29.8 Å². The quantitative estimate of drug-likeness (QED) is 0.538. The number of likely N-dealkylation sites (tertiary alicyclic amines) is 1. The van der Waals surface area contributed by atoms with Gasteiger partial charge in [-0.2, -0.15) is 0 Å². The number of aryl methyl sites for hydroxylation is 1. The van der Waals surface area contributed by atoms with Gasteiger partial charge in [0.2, 0.25) is 0 Å². The summed E-state index contributed by atoms with van der Waals surface area (Å²) >= 11 is 0. The minimum atomic E-state index is -3.62. The SMILES string of the molecule is Cc1ccc(S(=O)(=O)Nc2ccc(C(C#Cc3ccccc3)N3CCCCC3)cc2)cc1. The molecule has 32 heavy (non-hydrogen) atoms. The van der Waals surface area contributed by atoms with Gasteiger partial charge in [-0.25, -0.2) is 8.42 Å². The van der Waals surface area contributed by atoms with Crippen LogP contribution in [0.25, 0.3) is 0 Å². The largest absolute Gasteiger partial charge is 0.286 e. The molecule has 1 aliphatic rings. The van der Waals surface area contributed by atoms with Crippen LogP contribution < -0.4 is 4.72 Å². The Bertz CT molecular complexity index is 1190. The number of benzene rings is 3. The molecule has 1 saturated heterocycles. The molecule has 5 heteroatoms. The van der Waals surface area contributed by atoms with E-state index in [9.17, 15) is 8.42 Å². The zero-order valence-electron chi connectivity index (χ0n) is 18.3. The summed E-state index contributed by atoms with van der Waals surface area (Å²) in [7, 11) is -3.62. The van der Waals surface area contributed by atoms with Crippen LogP contribution in [0.5, 0.6) is 0 Å². The molecule has 164 valence electrons. The van der Waals surface area contributed by atoms with Crippen molar-refractivity contribution in [1.29, 1.82) is 0 Å². The predicted octanol–water partition coefficient (Wildman–Crippen LogP) is 5.37. The maximum absolute atomic E-state index is 12.7. The molecule has 0 bridgehead atoms. The minimum Gasteiger partial charge on any atom is -0.286 e. The Hall–Kier alpha value is -3.07. The second kappa shape index (κ2) is 10.0. The van der Waals surface area contributed by atoms with Crippen molar-refractivity contribution in [3.05, 3.63) is 95.6 Å². The topological polar surface area (TPSA) is 49.4 Å². The van der Waals surface area contributed by atoms with E-state index < -0.39 is 10.0 Å². The second-order valence-corrected chi connectivity index (χ2v) is 9.86. The standard InChI is InChI=1S/C27H28N2O2S/c1-22-10-17-26(18-11-22)32(30,31)28-25-15-13-24(14-16-25)27(29-20-6-3-7-21-29)19-12-23-8-4-2-5-9-23/h2,4-5,8-11,13-18,27-28H,3,6-7,20-21H2,1H3. The zero-order chi connectivity index (χ0) is 22.4. The highest BCUT2D eigenvalue weighted by molar-refractivity contribution is 7.92. The summed E-state index contributed by atoms with van der Waals surface area (Å²) in [6, 6.07) is 24.4. The molecule has 3 aromatic rings. The Balaban J connectivity index is 1.56. The van der Waals surface area contributed by atoms with Crippen LogP contribution in [0.1, 0.15) is 42.0 Å². The molecule has 1 fully saturated rings. The van der Waals surface area contributed by atoms with E-state index in [-0.39, 0.29) is 10.9 Å². The number of hydrogen-bond acceptors (Lipinski definition) is 3. The van der Waals surface area contributed by atoms with E-state index in [1.165, 1.54) is 19.3 Å². The summed E-state index contributed by atoms with van der Waals surface area (Å²) in [4.78, 5) is 2.68. The fraction of sp³-hybridized carbons (Fsp3) is 0.259. The second-order valence-electron chi connectivity index (χ2n) is 8.18. The van der Waals surface area contributed by atoms with Gasteiger partial charge in [0.1, 0.15) is 0 Å². The van der Waals surface area contributed by atoms with E-state index in [1.54, 1.807) is 24.3 Å². The van der Waals surface area contributed by atoms with Crippen molar-refractivity contribution in [1.82, 2.24) is 4.90 Å². The van der Waals surface area contributed by atoms with Crippen molar-refractivity contribution < 1.29 is 8.42 Å². The van der Waals surface area contributed by atoms with Gasteiger partial charge in [-0.3, -0.25) is 9.62 Å². The van der Waals surface area contributed by atoms with Crippen molar-refractivity contribution in [2.24, 2.45) is 0 Å². The summed E-state index contributed by atoms with van der Waals surface area (Å²) in [6.45, 7) is 3.98. The number of piperidine rings is 1. The van der Waals surface area contributed by atoms with E-state index in [2.05, 4.69) is 21.5 Å². The number of sulfonamides is 1. The third kappa shape index (κ3) is 5.59. The first-order chi connectivity index (χ1) is 15.5. The van der Waals surface area contributed by atoms with Crippen LogP contribution >= 0.6 is 0 Å². The molecule has 1 unspecified atom stereocenters. The lowest BCUT2D eigenvalue weighted by Crippen LogP contribution is -2.33. The molecule has 0 aromatic heterocycles. The average Bonchev–Trinajstić information content (AvgIpc) is 2.82. The highest BCUT2D eigenvalue weighted by Crippen LogP contribution is 2.26. The van der Waals surface area contributed by atoms with Crippen LogP contribution in [0.4, 0.5) is 5.69 Å². The monoisotopic (exact) mass is 444 g/mol.